The van der Waals surface area contributed by atoms with Crippen LogP contribution in [-0.4, -0.2) is 21.3 Å². The topological polar surface area (TPSA) is 87.1 Å². The van der Waals surface area contributed by atoms with Crippen LogP contribution >= 0.6 is 11.3 Å². The number of benzene rings is 2. The van der Waals surface area contributed by atoms with E-state index in [0.29, 0.717) is 12.1 Å². The summed E-state index contributed by atoms with van der Waals surface area (Å²) in [5.41, 5.74) is 8.22. The fourth-order valence-electron chi connectivity index (χ4n) is 3.44. The molecule has 2 aromatic carbocycles. The Hall–Kier alpha value is -3.19. The van der Waals surface area contributed by atoms with Crippen LogP contribution in [0.5, 0.6) is 0 Å². The molecule has 4 rings (SSSR count). The van der Waals surface area contributed by atoms with Gasteiger partial charge in [-0.25, -0.2) is 4.79 Å². The number of nitrogens with two attached hydrogens (primary N) is 1. The van der Waals surface area contributed by atoms with E-state index in [2.05, 4.69) is 0 Å². The van der Waals surface area contributed by atoms with Gasteiger partial charge >= 0.3 is 5.69 Å². The summed E-state index contributed by atoms with van der Waals surface area (Å²) < 4.78 is 4.21. The summed E-state index contributed by atoms with van der Waals surface area (Å²) in [6.45, 7) is 0.605. The van der Waals surface area contributed by atoms with Gasteiger partial charge in [0.05, 0.1) is 17.6 Å². The summed E-state index contributed by atoms with van der Waals surface area (Å²) in [5, 5.41) is 2.74. The minimum atomic E-state index is -0.489. The lowest BCUT2D eigenvalue weighted by Gasteiger charge is -2.05. The Morgan fingerprint density at radius 3 is 2.52 bits per heavy atom. The Morgan fingerprint density at radius 2 is 1.81 bits per heavy atom. The van der Waals surface area contributed by atoms with Gasteiger partial charge in [0.15, 0.2) is 6.29 Å². The second-order valence-electron chi connectivity index (χ2n) is 6.21. The Balaban J connectivity index is 1.89. The number of thiophene rings is 1. The first-order chi connectivity index (χ1) is 13.1. The van der Waals surface area contributed by atoms with Gasteiger partial charge in [0.2, 0.25) is 5.91 Å². The van der Waals surface area contributed by atoms with Crippen LogP contribution in [0, 0.1) is 0 Å². The lowest BCUT2D eigenvalue weighted by molar-refractivity contribution is 0.100. The van der Waals surface area contributed by atoms with Crippen molar-refractivity contribution in [3.8, 4) is 0 Å². The van der Waals surface area contributed by atoms with E-state index < -0.39 is 5.91 Å². The number of aromatic nitrogens is 2. The van der Waals surface area contributed by atoms with Gasteiger partial charge in [-0.2, -0.15) is 0 Å². The molecule has 4 aromatic rings. The highest BCUT2D eigenvalue weighted by atomic mass is 32.1. The van der Waals surface area contributed by atoms with Gasteiger partial charge in [-0.1, -0.05) is 18.2 Å². The molecule has 1 amide bonds. The minimum absolute atomic E-state index is 0.154. The number of rotatable bonds is 6. The van der Waals surface area contributed by atoms with Crippen LogP contribution in [0.15, 0.2) is 52.6 Å². The van der Waals surface area contributed by atoms with Crippen LogP contribution in [0.2, 0.25) is 0 Å². The number of nitrogens with zero attached hydrogens (tertiary/aromatic N) is 2. The third-order valence-electron chi connectivity index (χ3n) is 4.63. The first-order valence-electron chi connectivity index (χ1n) is 8.43. The Morgan fingerprint density at radius 1 is 1.07 bits per heavy atom. The first kappa shape index (κ1) is 17.2. The Labute approximate surface area is 158 Å². The van der Waals surface area contributed by atoms with E-state index in [1.165, 1.54) is 11.3 Å². The molecular weight excluding hydrogens is 362 g/mol. The molecule has 1 radical (unpaired) electrons. The van der Waals surface area contributed by atoms with Crippen LogP contribution in [0.1, 0.15) is 22.3 Å². The number of para-hydroxylation sites is 2. The maximum atomic E-state index is 13.0. The summed E-state index contributed by atoms with van der Waals surface area (Å²) in [6.07, 6.45) is 1.99. The van der Waals surface area contributed by atoms with Gasteiger partial charge in [0.25, 0.3) is 0 Å². The van der Waals surface area contributed by atoms with E-state index in [1.807, 2.05) is 42.0 Å². The molecule has 0 spiro atoms. The summed E-state index contributed by atoms with van der Waals surface area (Å²) in [7, 11) is 0. The van der Waals surface area contributed by atoms with Gasteiger partial charge in [-0.15, -0.1) is 11.3 Å². The molecule has 0 aliphatic carbocycles. The molecule has 0 fully saturated rings. The lowest BCUT2D eigenvalue weighted by atomic mass is 10.1. The molecular formula is C20H16N3O3S. The summed E-state index contributed by atoms with van der Waals surface area (Å²) in [6, 6.07) is 12.9. The third-order valence-corrected chi connectivity index (χ3v) is 5.63. The Kier molecular flexibility index (Phi) is 4.37. The predicted molar refractivity (Wildman–Crippen MR) is 106 cm³/mol. The largest absolute Gasteiger partial charge is 0.366 e. The number of fused-ring (bicyclic) bond motifs is 2. The van der Waals surface area contributed by atoms with Crippen molar-refractivity contribution >= 4 is 44.6 Å². The molecule has 0 atom stereocenters. The molecule has 0 unspecified atom stereocenters. The van der Waals surface area contributed by atoms with Crippen LogP contribution in [0.25, 0.3) is 21.1 Å². The molecule has 2 heterocycles. The van der Waals surface area contributed by atoms with Crippen LogP contribution in [-0.2, 0) is 17.9 Å². The first-order valence-corrected chi connectivity index (χ1v) is 9.31. The molecule has 0 aliphatic rings. The third kappa shape index (κ3) is 2.86. The number of imidazole rings is 1. The molecule has 2 N–H and O–H groups in total. The molecule has 0 saturated carbocycles. The number of hydrogen-bond donors (Lipinski definition) is 1. The zero-order valence-corrected chi connectivity index (χ0v) is 15.2. The van der Waals surface area contributed by atoms with E-state index in [-0.39, 0.29) is 18.7 Å². The normalized spacial score (nSPS) is 11.3. The van der Waals surface area contributed by atoms with Crippen LogP contribution in [0.3, 0.4) is 0 Å². The highest BCUT2D eigenvalue weighted by molar-refractivity contribution is 7.17. The average Bonchev–Trinajstić information content (AvgIpc) is 3.20. The number of primary amides is 1. The predicted octanol–water partition coefficient (Wildman–Crippen LogP) is 2.66. The second-order valence-corrected chi connectivity index (χ2v) is 7.12. The smallest absolute Gasteiger partial charge is 0.329 e. The fraction of sp³-hybridized carbons (Fsp3) is 0.150. The second kappa shape index (κ2) is 6.85. The van der Waals surface area contributed by atoms with E-state index in [1.54, 1.807) is 21.3 Å². The number of amides is 1. The van der Waals surface area contributed by atoms with E-state index in [0.717, 1.165) is 26.7 Å². The van der Waals surface area contributed by atoms with Crippen molar-refractivity contribution in [2.45, 2.75) is 19.5 Å². The molecule has 6 nitrogen and oxygen atoms in total. The highest BCUT2D eigenvalue weighted by Crippen LogP contribution is 2.30. The average molecular weight is 378 g/mol. The van der Waals surface area contributed by atoms with Crippen molar-refractivity contribution in [3.05, 3.63) is 69.5 Å². The van der Waals surface area contributed by atoms with Crippen molar-refractivity contribution in [1.29, 1.82) is 0 Å². The van der Waals surface area contributed by atoms with Gasteiger partial charge in [-0.05, 0) is 35.2 Å². The molecule has 0 bridgehead atoms. The van der Waals surface area contributed by atoms with E-state index in [4.69, 9.17) is 5.73 Å². The van der Waals surface area contributed by atoms with Gasteiger partial charge in [-0.3, -0.25) is 18.7 Å². The van der Waals surface area contributed by atoms with Crippen molar-refractivity contribution < 1.29 is 9.59 Å². The van der Waals surface area contributed by atoms with Gasteiger partial charge in [0, 0.05) is 28.6 Å². The molecule has 2 aromatic heterocycles. The minimum Gasteiger partial charge on any atom is -0.366 e. The summed E-state index contributed by atoms with van der Waals surface area (Å²) >= 11 is 1.52. The van der Waals surface area contributed by atoms with Crippen LogP contribution < -0.4 is 11.4 Å². The standard InChI is InChI=1S/C20H16N3O3S/c21-19(25)14-5-3-8-17-18(14)13(12-27-17)11-23-16-7-2-1-6-15(16)22(20(23)26)9-4-10-24/h1-3,5-8,12H,4,9,11H2,(H2,21,25). The SMILES string of the molecule is NC(=O)c1cccc2scc(Cn3c(=O)n(CC[C]=O)c4ccccc43)c12. The summed E-state index contributed by atoms with van der Waals surface area (Å²) in [5.74, 6) is -0.489. The van der Waals surface area contributed by atoms with Crippen molar-refractivity contribution in [1.82, 2.24) is 9.13 Å². The van der Waals surface area contributed by atoms with Crippen molar-refractivity contribution in [2.75, 3.05) is 0 Å². The fourth-order valence-corrected chi connectivity index (χ4v) is 4.42. The quantitative estimate of drug-likeness (QED) is 0.560. The highest BCUT2D eigenvalue weighted by Gasteiger charge is 2.17. The van der Waals surface area contributed by atoms with Gasteiger partial charge in [0.1, 0.15) is 0 Å². The lowest BCUT2D eigenvalue weighted by Crippen LogP contribution is -2.25. The Bertz CT molecular complexity index is 1230. The number of hydrogen-bond acceptors (Lipinski definition) is 4. The zero-order chi connectivity index (χ0) is 19.0. The molecule has 7 heteroatoms. The summed E-state index contributed by atoms with van der Waals surface area (Å²) in [4.78, 5) is 35.5. The van der Waals surface area contributed by atoms with Crippen LogP contribution in [0.4, 0.5) is 0 Å². The number of carbonyl (C=O) groups is 1. The van der Waals surface area contributed by atoms with Crippen molar-refractivity contribution in [3.63, 3.8) is 0 Å². The maximum absolute atomic E-state index is 13.0. The zero-order valence-electron chi connectivity index (χ0n) is 14.3. The number of aryl methyl sites for hydroxylation is 1. The molecule has 27 heavy (non-hydrogen) atoms. The van der Waals surface area contributed by atoms with Gasteiger partial charge < -0.3 is 5.73 Å². The molecule has 135 valence electrons. The van der Waals surface area contributed by atoms with E-state index in [9.17, 15) is 14.4 Å². The number of carbonyl (C=O) groups excluding carboxylic acids is 2. The monoisotopic (exact) mass is 378 g/mol. The molecule has 0 aliphatic heterocycles. The maximum Gasteiger partial charge on any atom is 0.329 e. The van der Waals surface area contributed by atoms with Crippen molar-refractivity contribution in [2.24, 2.45) is 5.73 Å². The van der Waals surface area contributed by atoms with E-state index >= 15 is 0 Å². The molecule has 0 saturated heterocycles.